The predicted octanol–water partition coefficient (Wildman–Crippen LogP) is 1.71. The van der Waals surface area contributed by atoms with Crippen LogP contribution in [0.5, 0.6) is 0 Å². The van der Waals surface area contributed by atoms with Crippen LogP contribution >= 0.6 is 0 Å². The van der Waals surface area contributed by atoms with Gasteiger partial charge < -0.3 is 10.4 Å². The summed E-state index contributed by atoms with van der Waals surface area (Å²) < 4.78 is 1.20. The number of aryl methyl sites for hydroxylation is 2. The lowest BCUT2D eigenvalue weighted by atomic mass is 10.1. The van der Waals surface area contributed by atoms with Crippen molar-refractivity contribution in [1.29, 1.82) is 0 Å². The van der Waals surface area contributed by atoms with Gasteiger partial charge in [-0.25, -0.2) is 5.01 Å². The zero-order valence-electron chi connectivity index (χ0n) is 15.0. The fourth-order valence-corrected chi connectivity index (χ4v) is 2.70. The summed E-state index contributed by atoms with van der Waals surface area (Å²) in [5.41, 5.74) is 2.73. The molecule has 140 valence electrons. The summed E-state index contributed by atoms with van der Waals surface area (Å²) in [5, 5.41) is 20.8. The van der Waals surface area contributed by atoms with E-state index in [9.17, 15) is 14.4 Å². The van der Waals surface area contributed by atoms with Crippen LogP contribution in [0, 0.1) is 13.8 Å². The van der Waals surface area contributed by atoms with Crippen molar-refractivity contribution < 1.29 is 19.5 Å². The second kappa shape index (κ2) is 7.40. The highest BCUT2D eigenvalue weighted by molar-refractivity contribution is 6.44. The molecule has 0 radical (unpaired) electrons. The molecule has 3 rings (SSSR count). The molecule has 2 amide bonds. The number of aliphatic carboxylic acids is 1. The van der Waals surface area contributed by atoms with Crippen molar-refractivity contribution in [1.82, 2.24) is 9.78 Å². The number of aromatic nitrogens is 2. The first kappa shape index (κ1) is 18.3. The quantitative estimate of drug-likeness (QED) is 0.832. The van der Waals surface area contributed by atoms with Gasteiger partial charge in [0.2, 0.25) is 5.91 Å². The maximum Gasteiger partial charge on any atom is 0.325 e. The van der Waals surface area contributed by atoms with Gasteiger partial charge >= 0.3 is 5.97 Å². The molecular formula is C18H19N5O4. The number of hydrogen-bond acceptors (Lipinski definition) is 5. The van der Waals surface area contributed by atoms with Gasteiger partial charge in [0.05, 0.1) is 5.69 Å². The van der Waals surface area contributed by atoms with E-state index in [0.29, 0.717) is 5.69 Å². The van der Waals surface area contributed by atoms with E-state index in [1.54, 1.807) is 0 Å². The Balaban J connectivity index is 1.80. The molecule has 0 fully saturated rings. The fourth-order valence-electron chi connectivity index (χ4n) is 2.70. The molecule has 1 aromatic heterocycles. The zero-order valence-corrected chi connectivity index (χ0v) is 15.0. The Morgan fingerprint density at radius 3 is 2.74 bits per heavy atom. The molecule has 0 saturated carbocycles. The minimum atomic E-state index is -1.03. The van der Waals surface area contributed by atoms with Crippen LogP contribution in [0.4, 0.5) is 11.5 Å². The summed E-state index contributed by atoms with van der Waals surface area (Å²) in [7, 11) is 0. The molecule has 0 atom stereocenters. The smallest absolute Gasteiger partial charge is 0.325 e. The SMILES string of the molecule is Cc1ccc(C)c(N2N=C(C(=O)Nc3ccn(CC(=O)O)n3)CCC2=O)c1. The van der Waals surface area contributed by atoms with Crippen LogP contribution in [0.2, 0.25) is 0 Å². The molecular weight excluding hydrogens is 350 g/mol. The molecule has 0 unspecified atom stereocenters. The van der Waals surface area contributed by atoms with Crippen LogP contribution in [0.3, 0.4) is 0 Å². The van der Waals surface area contributed by atoms with E-state index in [1.807, 2.05) is 32.0 Å². The minimum absolute atomic E-state index is 0.174. The van der Waals surface area contributed by atoms with Gasteiger partial charge in [-0.05, 0) is 31.0 Å². The highest BCUT2D eigenvalue weighted by Crippen LogP contribution is 2.25. The Morgan fingerprint density at radius 2 is 2.00 bits per heavy atom. The molecule has 2 heterocycles. The second-order valence-corrected chi connectivity index (χ2v) is 6.29. The van der Waals surface area contributed by atoms with Crippen molar-refractivity contribution in [2.45, 2.75) is 33.2 Å². The zero-order chi connectivity index (χ0) is 19.6. The first-order valence-corrected chi connectivity index (χ1v) is 8.38. The molecule has 0 saturated heterocycles. The Morgan fingerprint density at radius 1 is 1.22 bits per heavy atom. The van der Waals surface area contributed by atoms with Crippen molar-refractivity contribution in [2.24, 2.45) is 5.10 Å². The van der Waals surface area contributed by atoms with E-state index in [-0.39, 0.29) is 36.8 Å². The summed E-state index contributed by atoms with van der Waals surface area (Å²) in [6.07, 6.45) is 1.85. The molecule has 9 heteroatoms. The highest BCUT2D eigenvalue weighted by atomic mass is 16.4. The molecule has 27 heavy (non-hydrogen) atoms. The van der Waals surface area contributed by atoms with E-state index < -0.39 is 11.9 Å². The van der Waals surface area contributed by atoms with E-state index in [0.717, 1.165) is 11.1 Å². The average Bonchev–Trinajstić information content (AvgIpc) is 3.03. The molecule has 2 aromatic rings. The third-order valence-electron chi connectivity index (χ3n) is 4.07. The summed E-state index contributed by atoms with van der Waals surface area (Å²) in [6, 6.07) is 7.19. The van der Waals surface area contributed by atoms with Gasteiger partial charge in [0, 0.05) is 25.1 Å². The lowest BCUT2D eigenvalue weighted by Gasteiger charge is -2.24. The van der Waals surface area contributed by atoms with Gasteiger partial charge in [0.15, 0.2) is 5.82 Å². The van der Waals surface area contributed by atoms with E-state index in [4.69, 9.17) is 5.11 Å². The number of rotatable bonds is 5. The van der Waals surface area contributed by atoms with Crippen molar-refractivity contribution in [3.8, 4) is 0 Å². The number of carboxylic acids is 1. The van der Waals surface area contributed by atoms with Gasteiger partial charge in [0.25, 0.3) is 5.91 Å². The molecule has 0 bridgehead atoms. The van der Waals surface area contributed by atoms with E-state index in [2.05, 4.69) is 15.5 Å². The third-order valence-corrected chi connectivity index (χ3v) is 4.07. The van der Waals surface area contributed by atoms with Crippen LogP contribution in [-0.2, 0) is 20.9 Å². The number of anilines is 2. The Labute approximate surface area is 155 Å². The number of nitrogens with zero attached hydrogens (tertiary/aromatic N) is 4. The molecule has 9 nitrogen and oxygen atoms in total. The number of hydrogen-bond donors (Lipinski definition) is 2. The largest absolute Gasteiger partial charge is 0.480 e. The number of amides is 2. The Kier molecular flexibility index (Phi) is 5.02. The van der Waals surface area contributed by atoms with Crippen LogP contribution in [-0.4, -0.2) is 38.4 Å². The maximum absolute atomic E-state index is 12.5. The van der Waals surface area contributed by atoms with Gasteiger partial charge in [-0.3, -0.25) is 19.1 Å². The highest BCUT2D eigenvalue weighted by Gasteiger charge is 2.27. The summed E-state index contributed by atoms with van der Waals surface area (Å²) in [6.45, 7) is 3.49. The molecule has 2 N–H and O–H groups in total. The number of carbonyl (C=O) groups is 3. The van der Waals surface area contributed by atoms with Gasteiger partial charge in [-0.1, -0.05) is 12.1 Å². The standard InChI is InChI=1S/C18H19N5O4/c1-11-3-4-12(2)14(9-11)23-16(24)6-5-13(20-23)18(27)19-15-7-8-22(21-15)10-17(25)26/h3-4,7-9H,5-6,10H2,1-2H3,(H,25,26)(H,19,21,27). The first-order valence-electron chi connectivity index (χ1n) is 8.38. The van der Waals surface area contributed by atoms with Crippen LogP contribution in [0.1, 0.15) is 24.0 Å². The van der Waals surface area contributed by atoms with Gasteiger partial charge in [-0.2, -0.15) is 10.2 Å². The van der Waals surface area contributed by atoms with Crippen molar-refractivity contribution >= 4 is 35.0 Å². The average molecular weight is 369 g/mol. The lowest BCUT2D eigenvalue weighted by Crippen LogP contribution is -2.36. The van der Waals surface area contributed by atoms with Crippen molar-refractivity contribution in [2.75, 3.05) is 10.3 Å². The number of nitrogens with one attached hydrogen (secondary N) is 1. The van der Waals surface area contributed by atoms with Crippen LogP contribution < -0.4 is 10.3 Å². The topological polar surface area (TPSA) is 117 Å². The van der Waals surface area contributed by atoms with E-state index in [1.165, 1.54) is 22.0 Å². The Bertz CT molecular complexity index is 947. The second-order valence-electron chi connectivity index (χ2n) is 6.29. The number of hydrazone groups is 1. The first-order chi connectivity index (χ1) is 12.8. The molecule has 1 aliphatic heterocycles. The monoisotopic (exact) mass is 369 g/mol. The number of carboxylic acid groups (broad SMARTS) is 1. The molecule has 1 aliphatic rings. The molecule has 0 spiro atoms. The number of benzene rings is 1. The van der Waals surface area contributed by atoms with Gasteiger partial charge in [-0.15, -0.1) is 0 Å². The summed E-state index contributed by atoms with van der Waals surface area (Å²) in [5.74, 6) is -1.46. The fraction of sp³-hybridized carbons (Fsp3) is 0.278. The van der Waals surface area contributed by atoms with Crippen molar-refractivity contribution in [3.63, 3.8) is 0 Å². The summed E-state index contributed by atoms with van der Waals surface area (Å²) >= 11 is 0. The molecule has 0 aliphatic carbocycles. The maximum atomic E-state index is 12.5. The van der Waals surface area contributed by atoms with Crippen LogP contribution in [0.25, 0.3) is 0 Å². The summed E-state index contributed by atoms with van der Waals surface area (Å²) in [4.78, 5) is 35.5. The predicted molar refractivity (Wildman–Crippen MR) is 98.6 cm³/mol. The van der Waals surface area contributed by atoms with Crippen molar-refractivity contribution in [3.05, 3.63) is 41.6 Å². The Hall–Kier alpha value is -3.49. The van der Waals surface area contributed by atoms with E-state index >= 15 is 0 Å². The minimum Gasteiger partial charge on any atom is -0.480 e. The third kappa shape index (κ3) is 4.20. The number of carbonyl (C=O) groups excluding carboxylic acids is 2. The molecule has 1 aromatic carbocycles. The van der Waals surface area contributed by atoms with Crippen LogP contribution in [0.15, 0.2) is 35.6 Å². The lowest BCUT2D eigenvalue weighted by molar-refractivity contribution is -0.137. The van der Waals surface area contributed by atoms with Gasteiger partial charge in [0.1, 0.15) is 12.3 Å². The normalized spacial score (nSPS) is 14.1.